The van der Waals surface area contributed by atoms with Crippen LogP contribution in [0.25, 0.3) is 43.1 Å². The maximum Gasteiger partial charge on any atom is 0.262 e. The first-order valence-electron chi connectivity index (χ1n) is 16.6. The second-order valence-electron chi connectivity index (χ2n) is 12.5. The summed E-state index contributed by atoms with van der Waals surface area (Å²) in [6, 6.07) is 31.0. The zero-order valence-corrected chi connectivity index (χ0v) is 26.4. The van der Waals surface area contributed by atoms with Gasteiger partial charge in [-0.1, -0.05) is 72.8 Å². The van der Waals surface area contributed by atoms with E-state index in [1.807, 2.05) is 97.1 Å². The number of hydrogen-bond donors (Lipinski definition) is 2. The smallest absolute Gasteiger partial charge is 0.262 e. The molecule has 6 aromatic rings. The molecule has 0 radical (unpaired) electrons. The lowest BCUT2D eigenvalue weighted by atomic mass is 9.89. The fraction of sp³-hybridized carbons (Fsp3) is 0.200. The van der Waals surface area contributed by atoms with Crippen LogP contribution in [0.2, 0.25) is 0 Å². The molecule has 4 amide bonds. The zero-order valence-electron chi connectivity index (χ0n) is 26.4. The number of carbonyl (C=O) groups excluding carboxylic acids is 4. The lowest BCUT2D eigenvalue weighted by Gasteiger charge is -2.28. The Morgan fingerprint density at radius 3 is 1.31 bits per heavy atom. The number of amides is 4. The molecule has 8 rings (SSSR count). The van der Waals surface area contributed by atoms with Crippen molar-refractivity contribution in [3.8, 4) is 0 Å². The van der Waals surface area contributed by atoms with Crippen molar-refractivity contribution in [2.45, 2.75) is 12.8 Å². The quantitative estimate of drug-likeness (QED) is 0.101. The summed E-state index contributed by atoms with van der Waals surface area (Å²) in [6.45, 7) is 3.39. The van der Waals surface area contributed by atoms with Crippen molar-refractivity contribution in [2.75, 3.05) is 39.3 Å². The topological polar surface area (TPSA) is 98.8 Å². The molecule has 0 saturated carbocycles. The first kappa shape index (κ1) is 29.9. The molecule has 6 aromatic carbocycles. The van der Waals surface area contributed by atoms with E-state index in [0.717, 1.165) is 43.1 Å². The fourth-order valence-electron chi connectivity index (χ4n) is 7.35. The van der Waals surface area contributed by atoms with Gasteiger partial charge in [0.1, 0.15) is 0 Å². The van der Waals surface area contributed by atoms with Crippen LogP contribution in [0.3, 0.4) is 0 Å². The Kier molecular flexibility index (Phi) is 7.67. The molecule has 0 unspecified atom stereocenters. The van der Waals surface area contributed by atoms with E-state index in [9.17, 15) is 19.2 Å². The van der Waals surface area contributed by atoms with E-state index in [1.54, 1.807) is 0 Å². The minimum atomic E-state index is -0.242. The third-order valence-electron chi connectivity index (χ3n) is 9.59. The second-order valence-corrected chi connectivity index (χ2v) is 12.5. The van der Waals surface area contributed by atoms with Gasteiger partial charge < -0.3 is 10.6 Å². The summed E-state index contributed by atoms with van der Waals surface area (Å²) in [5, 5.41) is 13.8. The third-order valence-corrected chi connectivity index (χ3v) is 9.59. The predicted octanol–water partition coefficient (Wildman–Crippen LogP) is 6.15. The Morgan fingerprint density at radius 2 is 0.854 bits per heavy atom. The van der Waals surface area contributed by atoms with Gasteiger partial charge in [-0.15, -0.1) is 0 Å². The summed E-state index contributed by atoms with van der Waals surface area (Å²) >= 11 is 0. The summed E-state index contributed by atoms with van der Waals surface area (Å²) in [4.78, 5) is 56.8. The largest absolute Gasteiger partial charge is 0.315 e. The lowest BCUT2D eigenvalue weighted by Crippen LogP contribution is -2.42. The highest BCUT2D eigenvalue weighted by atomic mass is 16.2. The Morgan fingerprint density at radius 1 is 0.438 bits per heavy atom. The van der Waals surface area contributed by atoms with Gasteiger partial charge in [-0.05, 0) is 82.5 Å². The van der Waals surface area contributed by atoms with E-state index in [4.69, 9.17) is 0 Å². The molecule has 0 bridgehead atoms. The number of benzene rings is 6. The highest BCUT2D eigenvalue weighted by molar-refractivity contribution is 6.31. The summed E-state index contributed by atoms with van der Waals surface area (Å²) in [6.07, 6.45) is 1.27. The van der Waals surface area contributed by atoms with Crippen molar-refractivity contribution < 1.29 is 19.2 Å². The minimum absolute atomic E-state index is 0.235. The Labute approximate surface area is 277 Å². The van der Waals surface area contributed by atoms with Gasteiger partial charge in [-0.3, -0.25) is 29.0 Å². The van der Waals surface area contributed by atoms with Crippen LogP contribution in [0.5, 0.6) is 0 Å². The highest BCUT2D eigenvalue weighted by Gasteiger charge is 2.35. The van der Waals surface area contributed by atoms with Crippen LogP contribution >= 0.6 is 0 Å². The predicted molar refractivity (Wildman–Crippen MR) is 189 cm³/mol. The molecule has 2 aliphatic heterocycles. The number of rotatable bonds is 11. The molecule has 8 nitrogen and oxygen atoms in total. The normalized spacial score (nSPS) is 14.3. The molecule has 0 atom stereocenters. The van der Waals surface area contributed by atoms with Gasteiger partial charge in [0.2, 0.25) is 0 Å². The van der Waals surface area contributed by atoms with Crippen molar-refractivity contribution in [3.05, 3.63) is 119 Å². The molecule has 0 saturated heterocycles. The average molecular weight is 635 g/mol. The van der Waals surface area contributed by atoms with Crippen LogP contribution in [0.1, 0.15) is 54.3 Å². The van der Waals surface area contributed by atoms with E-state index in [2.05, 4.69) is 10.6 Å². The molecule has 0 aromatic heterocycles. The summed E-state index contributed by atoms with van der Waals surface area (Å²) in [7, 11) is 0. The average Bonchev–Trinajstić information content (AvgIpc) is 3.11. The Balaban J connectivity index is 0.817. The van der Waals surface area contributed by atoms with Crippen LogP contribution in [0.15, 0.2) is 97.1 Å². The SMILES string of the molecule is O=C1c2cccc3cc4ccccc4c(c23)C(=O)N1CCCNCCNCCCN1C(=O)c2cccc3cc4ccccc4c(c23)C1=O. The summed E-state index contributed by atoms with van der Waals surface area (Å²) in [5.41, 5.74) is 2.37. The standard InChI is InChI=1S/C40H34N4O4/c45-37-31-15-5-11-27-23-25-9-1-3-13-29(25)35(33(27)31)39(47)43(37)21-7-17-41-19-20-42-18-8-22-44-38(46)32-16-6-12-28-24-26-10-2-4-14-30(26)36(34(28)32)40(44)48/h1-6,9-16,23-24,41-42H,7-8,17-22H2. The van der Waals surface area contributed by atoms with Crippen LogP contribution in [0, 0.1) is 0 Å². The molecule has 2 aliphatic rings. The van der Waals surface area contributed by atoms with Gasteiger partial charge in [0, 0.05) is 48.1 Å². The molecule has 0 spiro atoms. The van der Waals surface area contributed by atoms with E-state index < -0.39 is 0 Å². The van der Waals surface area contributed by atoms with Gasteiger partial charge in [0.15, 0.2) is 0 Å². The number of hydrogen-bond acceptors (Lipinski definition) is 6. The molecule has 48 heavy (non-hydrogen) atoms. The van der Waals surface area contributed by atoms with Crippen LogP contribution in [-0.4, -0.2) is 72.7 Å². The highest BCUT2D eigenvalue weighted by Crippen LogP contribution is 2.37. The van der Waals surface area contributed by atoms with Crippen LogP contribution in [-0.2, 0) is 0 Å². The Bertz CT molecular complexity index is 2150. The fourth-order valence-corrected chi connectivity index (χ4v) is 7.35. The molecule has 8 heteroatoms. The number of nitrogens with zero attached hydrogens (tertiary/aromatic N) is 2. The first-order valence-corrected chi connectivity index (χ1v) is 16.6. The van der Waals surface area contributed by atoms with Gasteiger partial charge in [0.25, 0.3) is 23.6 Å². The maximum atomic E-state index is 13.6. The van der Waals surface area contributed by atoms with E-state index in [-0.39, 0.29) is 23.6 Å². The van der Waals surface area contributed by atoms with Crippen molar-refractivity contribution in [3.63, 3.8) is 0 Å². The van der Waals surface area contributed by atoms with Crippen molar-refractivity contribution in [2.24, 2.45) is 0 Å². The van der Waals surface area contributed by atoms with E-state index >= 15 is 0 Å². The number of imide groups is 2. The van der Waals surface area contributed by atoms with Crippen molar-refractivity contribution in [1.82, 2.24) is 20.4 Å². The lowest BCUT2D eigenvalue weighted by molar-refractivity contribution is 0.0594. The van der Waals surface area contributed by atoms with Crippen LogP contribution < -0.4 is 10.6 Å². The second kappa shape index (κ2) is 12.3. The van der Waals surface area contributed by atoms with Gasteiger partial charge in [-0.2, -0.15) is 0 Å². The molecule has 2 N–H and O–H groups in total. The van der Waals surface area contributed by atoms with Gasteiger partial charge in [-0.25, -0.2) is 0 Å². The maximum absolute atomic E-state index is 13.6. The third kappa shape index (κ3) is 4.92. The molecular weight excluding hydrogens is 600 g/mol. The molecular formula is C40H34N4O4. The van der Waals surface area contributed by atoms with E-state index in [1.165, 1.54) is 9.80 Å². The molecule has 0 fully saturated rings. The summed E-state index contributed by atoms with van der Waals surface area (Å²) < 4.78 is 0. The zero-order chi connectivity index (χ0) is 32.8. The number of nitrogens with one attached hydrogen (secondary N) is 2. The van der Waals surface area contributed by atoms with Crippen LogP contribution in [0.4, 0.5) is 0 Å². The van der Waals surface area contributed by atoms with Crippen molar-refractivity contribution >= 4 is 66.7 Å². The minimum Gasteiger partial charge on any atom is -0.315 e. The number of carbonyl (C=O) groups is 4. The number of fused-ring (bicyclic) bond motifs is 4. The van der Waals surface area contributed by atoms with Gasteiger partial charge >= 0.3 is 0 Å². The summed E-state index contributed by atoms with van der Waals surface area (Å²) in [5.74, 6) is -0.953. The monoisotopic (exact) mass is 634 g/mol. The van der Waals surface area contributed by atoms with Crippen molar-refractivity contribution in [1.29, 1.82) is 0 Å². The Hall–Kier alpha value is -5.44. The van der Waals surface area contributed by atoms with Gasteiger partial charge in [0.05, 0.1) is 11.1 Å². The first-order chi connectivity index (χ1) is 23.5. The van der Waals surface area contributed by atoms with E-state index in [0.29, 0.717) is 74.4 Å². The molecule has 0 aliphatic carbocycles. The molecule has 2 heterocycles. The molecule has 238 valence electrons.